The number of anilines is 1. The Hall–Kier alpha value is -3.87. The van der Waals surface area contributed by atoms with Gasteiger partial charge in [-0.15, -0.1) is 0 Å². The molecule has 0 bridgehead atoms. The highest BCUT2D eigenvalue weighted by Crippen LogP contribution is 2.37. The maximum absolute atomic E-state index is 14.2. The van der Waals surface area contributed by atoms with E-state index in [0.717, 1.165) is 5.56 Å². The third kappa shape index (κ3) is 3.94. The van der Waals surface area contributed by atoms with E-state index in [1.54, 1.807) is 18.2 Å². The van der Waals surface area contributed by atoms with Crippen molar-refractivity contribution in [3.05, 3.63) is 89.2 Å². The quantitative estimate of drug-likeness (QED) is 0.692. The van der Waals surface area contributed by atoms with Crippen LogP contribution in [0.1, 0.15) is 27.5 Å². The van der Waals surface area contributed by atoms with Crippen molar-refractivity contribution in [2.45, 2.75) is 6.04 Å². The molecule has 0 unspecified atom stereocenters. The Bertz CT molecular complexity index is 1130. The van der Waals surface area contributed by atoms with Crippen molar-refractivity contribution < 1.29 is 23.5 Å². The van der Waals surface area contributed by atoms with Gasteiger partial charge in [-0.25, -0.2) is 4.39 Å². The second kappa shape index (κ2) is 8.47. The van der Waals surface area contributed by atoms with Crippen LogP contribution in [0.2, 0.25) is 0 Å². The summed E-state index contributed by atoms with van der Waals surface area (Å²) in [5, 5.41) is 2.78. The molecule has 4 rings (SSSR count). The molecule has 7 heteroatoms. The molecule has 0 aromatic heterocycles. The molecule has 0 aliphatic carbocycles. The molecule has 1 N–H and O–H groups in total. The van der Waals surface area contributed by atoms with Crippen LogP contribution in [0.4, 0.5) is 10.1 Å². The topological polar surface area (TPSA) is 67.9 Å². The van der Waals surface area contributed by atoms with E-state index in [9.17, 15) is 14.0 Å². The summed E-state index contributed by atoms with van der Waals surface area (Å²) in [5.41, 5.74) is 2.07. The van der Waals surface area contributed by atoms with Crippen LogP contribution in [0.5, 0.6) is 11.5 Å². The van der Waals surface area contributed by atoms with Crippen molar-refractivity contribution in [3.8, 4) is 11.5 Å². The third-order valence-electron chi connectivity index (χ3n) is 5.21. The minimum absolute atomic E-state index is 0.191. The molecule has 1 aliphatic rings. The average Bonchev–Trinajstić information content (AvgIpc) is 2.94. The van der Waals surface area contributed by atoms with Gasteiger partial charge < -0.3 is 19.7 Å². The molecular formula is C24H21FN2O4. The fraction of sp³-hybridized carbons (Fsp3) is 0.167. The molecule has 3 aromatic carbocycles. The number of rotatable bonds is 4. The van der Waals surface area contributed by atoms with E-state index in [0.29, 0.717) is 28.3 Å². The zero-order chi connectivity index (χ0) is 22.0. The van der Waals surface area contributed by atoms with E-state index < -0.39 is 11.9 Å². The SMILES string of the molecule is COc1ccc(C(=O)N2CC(=O)Nc3ccc(F)cc3[C@@H]2c2ccccc2)cc1OC. The van der Waals surface area contributed by atoms with Crippen molar-refractivity contribution in [2.75, 3.05) is 26.1 Å². The Balaban J connectivity index is 1.86. The van der Waals surface area contributed by atoms with E-state index in [4.69, 9.17) is 9.47 Å². The lowest BCUT2D eigenvalue weighted by Crippen LogP contribution is -2.39. The summed E-state index contributed by atoms with van der Waals surface area (Å²) in [5.74, 6) is -0.313. The Labute approximate surface area is 179 Å². The molecule has 3 aromatic rings. The number of hydrogen-bond acceptors (Lipinski definition) is 4. The van der Waals surface area contributed by atoms with E-state index in [2.05, 4.69) is 5.32 Å². The molecular weight excluding hydrogens is 399 g/mol. The van der Waals surface area contributed by atoms with E-state index in [1.165, 1.54) is 37.3 Å². The normalized spacial score (nSPS) is 15.5. The predicted octanol–water partition coefficient (Wildman–Crippen LogP) is 4.03. The molecule has 0 spiro atoms. The van der Waals surface area contributed by atoms with Gasteiger partial charge in [-0.1, -0.05) is 30.3 Å². The molecule has 0 radical (unpaired) electrons. The standard InChI is InChI=1S/C24H21FN2O4/c1-30-20-11-8-16(12-21(20)31-2)24(29)27-14-22(28)26-19-10-9-17(25)13-18(19)23(27)15-6-4-3-5-7-15/h3-13,23H,14H2,1-2H3,(H,26,28)/t23-/m0/s1. The van der Waals surface area contributed by atoms with Gasteiger partial charge in [0.1, 0.15) is 12.4 Å². The van der Waals surface area contributed by atoms with Crippen LogP contribution < -0.4 is 14.8 Å². The zero-order valence-corrected chi connectivity index (χ0v) is 17.1. The number of carbonyl (C=O) groups excluding carboxylic acids is 2. The number of nitrogens with one attached hydrogen (secondary N) is 1. The fourth-order valence-corrected chi connectivity index (χ4v) is 3.80. The highest BCUT2D eigenvalue weighted by Gasteiger charge is 2.34. The van der Waals surface area contributed by atoms with Crippen molar-refractivity contribution in [1.82, 2.24) is 4.90 Å². The summed E-state index contributed by atoms with van der Waals surface area (Å²) < 4.78 is 24.8. The maximum Gasteiger partial charge on any atom is 0.255 e. The lowest BCUT2D eigenvalue weighted by Gasteiger charge is -2.30. The van der Waals surface area contributed by atoms with Crippen LogP contribution in [0.3, 0.4) is 0 Å². The summed E-state index contributed by atoms with van der Waals surface area (Å²) in [4.78, 5) is 27.7. The minimum Gasteiger partial charge on any atom is -0.493 e. The first-order chi connectivity index (χ1) is 15.0. The molecule has 0 fully saturated rings. The van der Waals surface area contributed by atoms with Gasteiger partial charge in [0, 0.05) is 16.8 Å². The number of carbonyl (C=O) groups is 2. The smallest absolute Gasteiger partial charge is 0.255 e. The fourth-order valence-electron chi connectivity index (χ4n) is 3.80. The van der Waals surface area contributed by atoms with Crippen LogP contribution in [-0.2, 0) is 4.79 Å². The average molecular weight is 420 g/mol. The van der Waals surface area contributed by atoms with Gasteiger partial charge >= 0.3 is 0 Å². The lowest BCUT2D eigenvalue weighted by atomic mass is 9.95. The first-order valence-corrected chi connectivity index (χ1v) is 9.69. The molecule has 31 heavy (non-hydrogen) atoms. The molecule has 0 saturated heterocycles. The monoisotopic (exact) mass is 420 g/mol. The number of halogens is 1. The number of fused-ring (bicyclic) bond motifs is 1. The summed E-state index contributed by atoms with van der Waals surface area (Å²) in [7, 11) is 2.99. The number of methoxy groups -OCH3 is 2. The molecule has 1 aliphatic heterocycles. The Morgan fingerprint density at radius 2 is 1.74 bits per heavy atom. The number of hydrogen-bond donors (Lipinski definition) is 1. The number of nitrogens with zero attached hydrogens (tertiary/aromatic N) is 1. The van der Waals surface area contributed by atoms with Crippen molar-refractivity contribution in [2.24, 2.45) is 0 Å². The minimum atomic E-state index is -0.661. The van der Waals surface area contributed by atoms with Crippen LogP contribution in [0, 0.1) is 5.82 Å². The van der Waals surface area contributed by atoms with Gasteiger partial charge in [0.2, 0.25) is 5.91 Å². The molecule has 1 atom stereocenters. The number of ether oxygens (including phenoxy) is 2. The lowest BCUT2D eigenvalue weighted by molar-refractivity contribution is -0.117. The Morgan fingerprint density at radius 1 is 1.00 bits per heavy atom. The van der Waals surface area contributed by atoms with Crippen molar-refractivity contribution >= 4 is 17.5 Å². The Morgan fingerprint density at radius 3 is 2.45 bits per heavy atom. The molecule has 6 nitrogen and oxygen atoms in total. The highest BCUT2D eigenvalue weighted by atomic mass is 19.1. The summed E-state index contributed by atoms with van der Waals surface area (Å²) in [6.45, 7) is -0.191. The van der Waals surface area contributed by atoms with Gasteiger partial charge in [-0.2, -0.15) is 0 Å². The van der Waals surface area contributed by atoms with Crippen LogP contribution >= 0.6 is 0 Å². The summed E-state index contributed by atoms with van der Waals surface area (Å²) in [6, 6.07) is 17.6. The van der Waals surface area contributed by atoms with Gasteiger partial charge in [0.05, 0.1) is 20.3 Å². The molecule has 0 saturated carbocycles. The largest absolute Gasteiger partial charge is 0.493 e. The summed E-state index contributed by atoms with van der Waals surface area (Å²) >= 11 is 0. The third-order valence-corrected chi connectivity index (χ3v) is 5.21. The van der Waals surface area contributed by atoms with Crippen LogP contribution in [0.25, 0.3) is 0 Å². The highest BCUT2D eigenvalue weighted by molar-refractivity contribution is 6.01. The number of amides is 2. The summed E-state index contributed by atoms with van der Waals surface area (Å²) in [6.07, 6.45) is 0. The molecule has 2 amide bonds. The second-order valence-corrected chi connectivity index (χ2v) is 7.10. The number of benzene rings is 3. The van der Waals surface area contributed by atoms with Crippen LogP contribution in [0.15, 0.2) is 66.7 Å². The van der Waals surface area contributed by atoms with Gasteiger partial charge in [-0.3, -0.25) is 9.59 Å². The van der Waals surface area contributed by atoms with E-state index >= 15 is 0 Å². The van der Waals surface area contributed by atoms with Gasteiger partial charge in [0.25, 0.3) is 5.91 Å². The second-order valence-electron chi connectivity index (χ2n) is 7.10. The Kier molecular flexibility index (Phi) is 5.58. The predicted molar refractivity (Wildman–Crippen MR) is 114 cm³/mol. The van der Waals surface area contributed by atoms with E-state index in [1.807, 2.05) is 30.3 Å². The van der Waals surface area contributed by atoms with Crippen molar-refractivity contribution in [1.29, 1.82) is 0 Å². The zero-order valence-electron chi connectivity index (χ0n) is 17.1. The molecule has 158 valence electrons. The maximum atomic E-state index is 14.2. The molecule has 1 heterocycles. The van der Waals surface area contributed by atoms with Crippen molar-refractivity contribution in [3.63, 3.8) is 0 Å². The van der Waals surface area contributed by atoms with Gasteiger partial charge in [0.15, 0.2) is 11.5 Å². The van der Waals surface area contributed by atoms with Crippen LogP contribution in [-0.4, -0.2) is 37.5 Å². The van der Waals surface area contributed by atoms with E-state index in [-0.39, 0.29) is 18.4 Å². The van der Waals surface area contributed by atoms with Gasteiger partial charge in [-0.05, 0) is 42.0 Å². The first-order valence-electron chi connectivity index (χ1n) is 9.69. The first kappa shape index (κ1) is 20.4.